The molecule has 8 heteroatoms. The minimum atomic E-state index is -0.363. The molecule has 1 N–H and O–H groups in total. The summed E-state index contributed by atoms with van der Waals surface area (Å²) in [4.78, 5) is 32.3. The van der Waals surface area contributed by atoms with Crippen molar-refractivity contribution in [3.63, 3.8) is 0 Å². The van der Waals surface area contributed by atoms with Gasteiger partial charge < -0.3 is 14.5 Å². The van der Waals surface area contributed by atoms with Crippen LogP contribution in [0.4, 0.5) is 4.39 Å². The number of rotatable bonds is 5. The monoisotopic (exact) mass is 411 g/mol. The van der Waals surface area contributed by atoms with E-state index in [0.717, 1.165) is 18.7 Å². The Morgan fingerprint density at radius 3 is 2.70 bits per heavy atom. The van der Waals surface area contributed by atoms with Crippen molar-refractivity contribution in [2.24, 2.45) is 0 Å². The predicted octanol–water partition coefficient (Wildman–Crippen LogP) is 0.472. The standard InChI is InChI=1S/C22H23FN4O3/c1-30-20-7-6-16(12-17(20)23)14-25-8-10-26(11-9-25)22(29)15-27-19-5-3-2-4-18(19)24-13-21(27)28/h2-7,12-13H,8-11,14-15H2,1H3/p+1. The third kappa shape index (κ3) is 4.18. The highest BCUT2D eigenvalue weighted by molar-refractivity contribution is 5.80. The Labute approximate surface area is 173 Å². The molecule has 7 nitrogen and oxygen atoms in total. The molecule has 1 saturated heterocycles. The molecule has 1 aromatic heterocycles. The molecule has 0 radical (unpaired) electrons. The van der Waals surface area contributed by atoms with Crippen LogP contribution in [0, 0.1) is 5.82 Å². The van der Waals surface area contributed by atoms with E-state index in [0.29, 0.717) is 30.7 Å². The molecule has 0 atom stereocenters. The molecule has 0 spiro atoms. The number of nitrogens with zero attached hydrogens (tertiary/aromatic N) is 3. The number of nitrogens with one attached hydrogen (secondary N) is 1. The molecule has 2 heterocycles. The fourth-order valence-electron chi connectivity index (χ4n) is 3.87. The number of hydrogen-bond donors (Lipinski definition) is 1. The average Bonchev–Trinajstić information content (AvgIpc) is 2.76. The smallest absolute Gasteiger partial charge is 0.269 e. The van der Waals surface area contributed by atoms with Gasteiger partial charge in [0.2, 0.25) is 5.91 Å². The topological polar surface area (TPSA) is 68.9 Å². The number of hydrogen-bond acceptors (Lipinski definition) is 4. The van der Waals surface area contributed by atoms with E-state index >= 15 is 0 Å². The maximum atomic E-state index is 13.9. The molecular formula is C22H24FN4O3+. The highest BCUT2D eigenvalue weighted by Crippen LogP contribution is 2.17. The highest BCUT2D eigenvalue weighted by Gasteiger charge is 2.24. The highest BCUT2D eigenvalue weighted by atomic mass is 19.1. The van der Waals surface area contributed by atoms with Gasteiger partial charge in [-0.2, -0.15) is 0 Å². The van der Waals surface area contributed by atoms with Crippen LogP contribution in [0.15, 0.2) is 53.5 Å². The van der Waals surface area contributed by atoms with E-state index in [1.807, 2.05) is 24.3 Å². The van der Waals surface area contributed by atoms with Gasteiger partial charge in [-0.1, -0.05) is 12.1 Å². The van der Waals surface area contributed by atoms with Crippen LogP contribution < -0.4 is 15.2 Å². The summed E-state index contributed by atoms with van der Waals surface area (Å²) >= 11 is 0. The van der Waals surface area contributed by atoms with Gasteiger partial charge in [-0.15, -0.1) is 0 Å². The first kappa shape index (κ1) is 20.0. The summed E-state index contributed by atoms with van der Waals surface area (Å²) in [7, 11) is 1.45. The summed E-state index contributed by atoms with van der Waals surface area (Å²) in [6, 6.07) is 12.3. The van der Waals surface area contributed by atoms with Gasteiger partial charge in [0.25, 0.3) is 5.56 Å². The fraction of sp³-hybridized carbons (Fsp3) is 0.318. The second-order valence-corrected chi connectivity index (χ2v) is 7.45. The maximum absolute atomic E-state index is 13.9. The van der Waals surface area contributed by atoms with Crippen molar-refractivity contribution in [2.75, 3.05) is 33.3 Å². The number of benzene rings is 2. The number of quaternary nitrogens is 1. The minimum absolute atomic E-state index is 0.000884. The van der Waals surface area contributed by atoms with E-state index in [4.69, 9.17) is 4.74 Å². The molecular weight excluding hydrogens is 387 g/mol. The van der Waals surface area contributed by atoms with Crippen LogP contribution in [0.3, 0.4) is 0 Å². The lowest BCUT2D eigenvalue weighted by Crippen LogP contribution is -3.13. The molecule has 0 saturated carbocycles. The molecule has 0 bridgehead atoms. The summed E-state index contributed by atoms with van der Waals surface area (Å²) in [5, 5.41) is 0. The quantitative estimate of drug-likeness (QED) is 0.663. The molecule has 30 heavy (non-hydrogen) atoms. The van der Waals surface area contributed by atoms with Gasteiger partial charge in [0.15, 0.2) is 11.6 Å². The Kier molecular flexibility index (Phi) is 5.76. The molecule has 3 aromatic rings. The van der Waals surface area contributed by atoms with Crippen molar-refractivity contribution in [3.8, 4) is 5.75 Å². The summed E-state index contributed by atoms with van der Waals surface area (Å²) in [5.74, 6) is -0.204. The van der Waals surface area contributed by atoms with Crippen molar-refractivity contribution in [3.05, 3.63) is 70.4 Å². The van der Waals surface area contributed by atoms with Gasteiger partial charge in [-0.05, 0) is 30.3 Å². The number of ether oxygens (including phenoxy) is 1. The number of methoxy groups -OCH3 is 1. The van der Waals surface area contributed by atoms with Gasteiger partial charge in [0.1, 0.15) is 13.1 Å². The van der Waals surface area contributed by atoms with Crippen LogP contribution in [0.25, 0.3) is 11.0 Å². The van der Waals surface area contributed by atoms with Gasteiger partial charge >= 0.3 is 0 Å². The zero-order valence-electron chi connectivity index (χ0n) is 16.8. The van der Waals surface area contributed by atoms with Crippen molar-refractivity contribution in [1.29, 1.82) is 0 Å². The van der Waals surface area contributed by atoms with Crippen LogP contribution in [0.5, 0.6) is 5.75 Å². The lowest BCUT2D eigenvalue weighted by molar-refractivity contribution is -0.917. The van der Waals surface area contributed by atoms with Crippen molar-refractivity contribution < 1.29 is 18.8 Å². The third-order valence-corrected chi connectivity index (χ3v) is 5.54. The first-order valence-electron chi connectivity index (χ1n) is 9.93. The maximum Gasteiger partial charge on any atom is 0.269 e. The summed E-state index contributed by atoms with van der Waals surface area (Å²) in [5.41, 5.74) is 1.96. The molecule has 0 aliphatic carbocycles. The molecule has 2 aromatic carbocycles. The first-order chi connectivity index (χ1) is 14.5. The Balaban J connectivity index is 1.38. The summed E-state index contributed by atoms with van der Waals surface area (Å²) < 4.78 is 20.3. The number of para-hydroxylation sites is 2. The van der Waals surface area contributed by atoms with Gasteiger partial charge in [-0.25, -0.2) is 9.37 Å². The van der Waals surface area contributed by atoms with Gasteiger partial charge in [0.05, 0.1) is 50.5 Å². The number of amides is 1. The SMILES string of the molecule is COc1ccc(C[NH+]2CCN(C(=O)Cn3c(=O)cnc4ccccc43)CC2)cc1F. The minimum Gasteiger partial charge on any atom is -0.494 e. The summed E-state index contributed by atoms with van der Waals surface area (Å²) in [6.07, 6.45) is 1.26. The number of piperazine rings is 1. The van der Waals surface area contributed by atoms with E-state index in [1.165, 1.54) is 28.8 Å². The Morgan fingerprint density at radius 2 is 1.97 bits per heavy atom. The normalized spacial score (nSPS) is 14.8. The second-order valence-electron chi connectivity index (χ2n) is 7.45. The number of carbonyl (C=O) groups excluding carboxylic acids is 1. The average molecular weight is 411 g/mol. The Hall–Kier alpha value is -3.26. The predicted molar refractivity (Wildman–Crippen MR) is 110 cm³/mol. The fourth-order valence-corrected chi connectivity index (χ4v) is 3.87. The van der Waals surface area contributed by atoms with E-state index in [-0.39, 0.29) is 29.6 Å². The molecule has 156 valence electrons. The van der Waals surface area contributed by atoms with Crippen LogP contribution >= 0.6 is 0 Å². The molecule has 4 rings (SSSR count). The first-order valence-corrected chi connectivity index (χ1v) is 9.93. The van der Waals surface area contributed by atoms with Crippen molar-refractivity contribution in [1.82, 2.24) is 14.5 Å². The van der Waals surface area contributed by atoms with E-state index in [2.05, 4.69) is 4.98 Å². The molecule has 1 amide bonds. The van der Waals surface area contributed by atoms with E-state index in [9.17, 15) is 14.0 Å². The summed E-state index contributed by atoms with van der Waals surface area (Å²) in [6.45, 7) is 3.43. The van der Waals surface area contributed by atoms with Crippen LogP contribution in [-0.4, -0.2) is 53.6 Å². The number of carbonyl (C=O) groups is 1. The van der Waals surface area contributed by atoms with E-state index in [1.54, 1.807) is 17.0 Å². The third-order valence-electron chi connectivity index (χ3n) is 5.54. The number of halogens is 1. The lowest BCUT2D eigenvalue weighted by Gasteiger charge is -2.32. The molecule has 1 aliphatic heterocycles. The zero-order valence-corrected chi connectivity index (χ0v) is 16.8. The van der Waals surface area contributed by atoms with Gasteiger partial charge in [-0.3, -0.25) is 14.2 Å². The molecule has 0 unspecified atom stereocenters. The van der Waals surface area contributed by atoms with Crippen LogP contribution in [0.1, 0.15) is 5.56 Å². The van der Waals surface area contributed by atoms with Crippen LogP contribution in [-0.2, 0) is 17.9 Å². The van der Waals surface area contributed by atoms with Crippen LogP contribution in [0.2, 0.25) is 0 Å². The lowest BCUT2D eigenvalue weighted by atomic mass is 10.2. The number of aromatic nitrogens is 2. The largest absolute Gasteiger partial charge is 0.494 e. The molecule has 1 aliphatic rings. The number of fused-ring (bicyclic) bond motifs is 1. The Bertz CT molecular complexity index is 1120. The Morgan fingerprint density at radius 1 is 1.20 bits per heavy atom. The van der Waals surface area contributed by atoms with Gasteiger partial charge in [0, 0.05) is 5.56 Å². The molecule has 1 fully saturated rings. The van der Waals surface area contributed by atoms with Crippen molar-refractivity contribution in [2.45, 2.75) is 13.1 Å². The van der Waals surface area contributed by atoms with E-state index < -0.39 is 0 Å². The second kappa shape index (κ2) is 8.62. The zero-order chi connectivity index (χ0) is 21.1. The van der Waals surface area contributed by atoms with Crippen molar-refractivity contribution >= 4 is 16.9 Å².